The molecule has 0 aromatic heterocycles. The van der Waals surface area contributed by atoms with Gasteiger partial charge in [-0.1, -0.05) is 15.9 Å². The third kappa shape index (κ3) is 4.73. The molecule has 0 heterocycles. The molecule has 0 spiro atoms. The van der Waals surface area contributed by atoms with E-state index in [1.165, 1.54) is 13.8 Å². The van der Waals surface area contributed by atoms with Crippen molar-refractivity contribution in [3.63, 3.8) is 0 Å². The van der Waals surface area contributed by atoms with Gasteiger partial charge in [0.05, 0.1) is 6.54 Å². The quantitative estimate of drug-likeness (QED) is 0.700. The minimum atomic E-state index is -1.34. The highest BCUT2D eigenvalue weighted by Crippen LogP contribution is 2.11. The molecule has 0 rings (SSSR count). The second kappa shape index (κ2) is 3.91. The highest BCUT2D eigenvalue weighted by atomic mass is 79.9. The molecule has 0 radical (unpaired) electrons. The second-order valence-electron chi connectivity index (χ2n) is 2.46. The van der Waals surface area contributed by atoms with Gasteiger partial charge in [-0.15, -0.1) is 0 Å². The van der Waals surface area contributed by atoms with Crippen LogP contribution in [0.4, 0.5) is 4.39 Å². The summed E-state index contributed by atoms with van der Waals surface area (Å²) in [6.45, 7) is 2.86. The summed E-state index contributed by atoms with van der Waals surface area (Å²) >= 11 is 2.99. The Labute approximate surface area is 68.3 Å². The SMILES string of the molecule is CC(=O)NCC(C)(F)CBr. The summed E-state index contributed by atoms with van der Waals surface area (Å²) in [5.41, 5.74) is -1.34. The smallest absolute Gasteiger partial charge is 0.216 e. The maximum atomic E-state index is 12.9. The van der Waals surface area contributed by atoms with Crippen LogP contribution in [0.15, 0.2) is 0 Å². The molecular weight excluding hydrogens is 201 g/mol. The molecule has 0 bridgehead atoms. The Hall–Kier alpha value is -0.120. The van der Waals surface area contributed by atoms with Crippen molar-refractivity contribution in [2.75, 3.05) is 11.9 Å². The van der Waals surface area contributed by atoms with E-state index in [0.717, 1.165) is 0 Å². The molecule has 0 aliphatic heterocycles. The van der Waals surface area contributed by atoms with Gasteiger partial charge in [-0.2, -0.15) is 0 Å². The summed E-state index contributed by atoms with van der Waals surface area (Å²) in [5.74, 6) is -0.204. The molecule has 0 aliphatic carbocycles. The van der Waals surface area contributed by atoms with Gasteiger partial charge in [0, 0.05) is 12.3 Å². The van der Waals surface area contributed by atoms with Crippen molar-refractivity contribution in [3.8, 4) is 0 Å². The molecule has 1 amide bonds. The predicted octanol–water partition coefficient (Wildman–Crippen LogP) is 1.25. The highest BCUT2D eigenvalue weighted by molar-refractivity contribution is 9.09. The molecule has 0 saturated heterocycles. The van der Waals surface area contributed by atoms with Crippen LogP contribution in [-0.4, -0.2) is 23.5 Å². The van der Waals surface area contributed by atoms with E-state index in [1.807, 2.05) is 0 Å². The lowest BCUT2D eigenvalue weighted by Gasteiger charge is -2.16. The zero-order valence-electron chi connectivity index (χ0n) is 6.08. The third-order valence-electron chi connectivity index (χ3n) is 0.985. The Morgan fingerprint density at radius 3 is 2.60 bits per heavy atom. The number of hydrogen-bond acceptors (Lipinski definition) is 1. The predicted molar refractivity (Wildman–Crippen MR) is 42.0 cm³/mol. The van der Waals surface area contributed by atoms with Crippen LogP contribution < -0.4 is 5.32 Å². The van der Waals surface area contributed by atoms with Crippen molar-refractivity contribution in [2.24, 2.45) is 0 Å². The maximum Gasteiger partial charge on any atom is 0.216 e. The fourth-order valence-electron chi connectivity index (χ4n) is 0.356. The average molecular weight is 212 g/mol. The monoisotopic (exact) mass is 211 g/mol. The van der Waals surface area contributed by atoms with Crippen LogP contribution in [0.2, 0.25) is 0 Å². The van der Waals surface area contributed by atoms with E-state index >= 15 is 0 Å². The first-order valence-electron chi connectivity index (χ1n) is 2.97. The topological polar surface area (TPSA) is 29.1 Å². The van der Waals surface area contributed by atoms with E-state index < -0.39 is 5.67 Å². The van der Waals surface area contributed by atoms with Crippen LogP contribution in [0.25, 0.3) is 0 Å². The molecule has 0 aromatic carbocycles. The molecule has 4 heteroatoms. The zero-order valence-corrected chi connectivity index (χ0v) is 7.66. The lowest BCUT2D eigenvalue weighted by Crippen LogP contribution is -2.37. The molecule has 0 fully saturated rings. The van der Waals surface area contributed by atoms with Gasteiger partial charge in [-0.05, 0) is 6.92 Å². The van der Waals surface area contributed by atoms with E-state index in [-0.39, 0.29) is 17.8 Å². The summed E-state index contributed by atoms with van der Waals surface area (Å²) in [4.78, 5) is 10.3. The first-order valence-corrected chi connectivity index (χ1v) is 4.09. The van der Waals surface area contributed by atoms with Crippen molar-refractivity contribution in [1.29, 1.82) is 0 Å². The first-order chi connectivity index (χ1) is 4.48. The number of hydrogen-bond donors (Lipinski definition) is 1. The minimum absolute atomic E-state index is 0.0631. The molecule has 0 aliphatic rings. The Bertz CT molecular complexity index is 127. The summed E-state index contributed by atoms with van der Waals surface area (Å²) in [6, 6.07) is 0. The molecule has 1 unspecified atom stereocenters. The average Bonchev–Trinajstić information content (AvgIpc) is 1.85. The van der Waals surface area contributed by atoms with Crippen molar-refractivity contribution in [2.45, 2.75) is 19.5 Å². The summed E-state index contributed by atoms with van der Waals surface area (Å²) in [7, 11) is 0. The van der Waals surface area contributed by atoms with E-state index in [4.69, 9.17) is 0 Å². The van der Waals surface area contributed by atoms with Crippen LogP contribution in [0, 0.1) is 0 Å². The number of nitrogens with one attached hydrogen (secondary N) is 1. The highest BCUT2D eigenvalue weighted by Gasteiger charge is 2.20. The van der Waals surface area contributed by atoms with Crippen molar-refractivity contribution < 1.29 is 9.18 Å². The number of halogens is 2. The van der Waals surface area contributed by atoms with Gasteiger partial charge < -0.3 is 5.32 Å². The lowest BCUT2D eigenvalue weighted by molar-refractivity contribution is -0.119. The number of carbonyl (C=O) groups excluding carboxylic acids is 1. The molecule has 0 saturated carbocycles. The van der Waals surface area contributed by atoms with Crippen molar-refractivity contribution in [3.05, 3.63) is 0 Å². The lowest BCUT2D eigenvalue weighted by atomic mass is 10.2. The van der Waals surface area contributed by atoms with Gasteiger partial charge in [0.2, 0.25) is 5.91 Å². The molecule has 1 atom stereocenters. The van der Waals surface area contributed by atoms with E-state index in [0.29, 0.717) is 0 Å². The fourth-order valence-corrected chi connectivity index (χ4v) is 0.554. The summed E-state index contributed by atoms with van der Waals surface area (Å²) < 4.78 is 12.9. The standard InChI is InChI=1S/C6H11BrFNO/c1-5(10)9-4-6(2,8)3-7/h3-4H2,1-2H3,(H,9,10). The van der Waals surface area contributed by atoms with Gasteiger partial charge in [-0.3, -0.25) is 4.79 Å². The van der Waals surface area contributed by atoms with Crippen LogP contribution in [0.1, 0.15) is 13.8 Å². The molecular formula is C6H11BrFNO. The molecule has 2 nitrogen and oxygen atoms in total. The minimum Gasteiger partial charge on any atom is -0.353 e. The van der Waals surface area contributed by atoms with Gasteiger partial charge >= 0.3 is 0 Å². The molecule has 1 N–H and O–H groups in total. The van der Waals surface area contributed by atoms with Crippen LogP contribution >= 0.6 is 15.9 Å². The summed E-state index contributed by atoms with van der Waals surface area (Å²) in [5, 5.41) is 2.63. The van der Waals surface area contributed by atoms with Gasteiger partial charge in [0.25, 0.3) is 0 Å². The van der Waals surface area contributed by atoms with E-state index in [2.05, 4.69) is 21.2 Å². The fraction of sp³-hybridized carbons (Fsp3) is 0.833. The Morgan fingerprint density at radius 2 is 2.30 bits per heavy atom. The Balaban J connectivity index is 3.56. The van der Waals surface area contributed by atoms with Gasteiger partial charge in [0.1, 0.15) is 5.67 Å². The molecule has 60 valence electrons. The zero-order chi connectivity index (χ0) is 8.20. The first kappa shape index (κ1) is 9.88. The number of carbonyl (C=O) groups is 1. The maximum absolute atomic E-state index is 12.9. The van der Waals surface area contributed by atoms with Crippen LogP contribution in [0.3, 0.4) is 0 Å². The number of rotatable bonds is 3. The molecule has 10 heavy (non-hydrogen) atoms. The van der Waals surface area contributed by atoms with E-state index in [1.54, 1.807) is 0 Å². The van der Waals surface area contributed by atoms with Crippen molar-refractivity contribution >= 4 is 21.8 Å². The Kier molecular flexibility index (Phi) is 3.86. The van der Waals surface area contributed by atoms with Gasteiger partial charge in [-0.25, -0.2) is 4.39 Å². The largest absolute Gasteiger partial charge is 0.353 e. The van der Waals surface area contributed by atoms with E-state index in [9.17, 15) is 9.18 Å². The van der Waals surface area contributed by atoms with Gasteiger partial charge in [0.15, 0.2) is 0 Å². The van der Waals surface area contributed by atoms with Crippen LogP contribution in [0.5, 0.6) is 0 Å². The molecule has 0 aromatic rings. The van der Waals surface area contributed by atoms with Crippen molar-refractivity contribution in [1.82, 2.24) is 5.32 Å². The summed E-state index contributed by atoms with van der Waals surface area (Å²) in [6.07, 6.45) is 0. The van der Waals surface area contributed by atoms with Crippen LogP contribution in [-0.2, 0) is 4.79 Å². The second-order valence-corrected chi connectivity index (χ2v) is 3.02. The Morgan fingerprint density at radius 1 is 1.80 bits per heavy atom. The third-order valence-corrected chi connectivity index (χ3v) is 2.15. The normalized spacial score (nSPS) is 16.0. The number of alkyl halides is 2. The number of amides is 1.